The molecule has 176 valence electrons. The van der Waals surface area contributed by atoms with Crippen molar-refractivity contribution in [1.29, 1.82) is 0 Å². The molecule has 34 heavy (non-hydrogen) atoms. The molecular formula is C27H26ClFN2O3. The quantitative estimate of drug-likeness (QED) is 0.433. The minimum atomic E-state index is -0.402. The highest BCUT2D eigenvalue weighted by molar-refractivity contribution is 6.30. The molecular weight excluding hydrogens is 455 g/mol. The number of rotatable bonds is 6. The van der Waals surface area contributed by atoms with Gasteiger partial charge in [0.2, 0.25) is 5.91 Å². The second kappa shape index (κ2) is 10.4. The number of ether oxygens (including phenoxy) is 1. The lowest BCUT2D eigenvalue weighted by Crippen LogP contribution is -2.50. The molecule has 1 aliphatic rings. The first-order valence-electron chi connectivity index (χ1n) is 11.2. The van der Waals surface area contributed by atoms with Crippen LogP contribution in [0.15, 0.2) is 72.8 Å². The number of para-hydroxylation sites is 1. The van der Waals surface area contributed by atoms with Crippen LogP contribution in [0, 0.1) is 5.82 Å². The Morgan fingerprint density at radius 2 is 1.74 bits per heavy atom. The molecule has 0 spiro atoms. The zero-order valence-corrected chi connectivity index (χ0v) is 19.8. The molecule has 0 saturated carbocycles. The average Bonchev–Trinajstić information content (AvgIpc) is 2.85. The molecule has 7 heteroatoms. The molecule has 0 bridgehead atoms. The van der Waals surface area contributed by atoms with E-state index < -0.39 is 5.82 Å². The maximum absolute atomic E-state index is 13.6. The first-order valence-corrected chi connectivity index (χ1v) is 11.6. The van der Waals surface area contributed by atoms with Gasteiger partial charge in [-0.3, -0.25) is 9.59 Å². The summed E-state index contributed by atoms with van der Waals surface area (Å²) in [5.74, 6) is -0.676. The van der Waals surface area contributed by atoms with Crippen molar-refractivity contribution < 1.29 is 18.7 Å². The summed E-state index contributed by atoms with van der Waals surface area (Å²) in [6.07, 6.45) is 0.806. The molecule has 0 aliphatic carbocycles. The Labute approximate surface area is 203 Å². The van der Waals surface area contributed by atoms with Crippen LogP contribution >= 0.6 is 11.6 Å². The molecule has 3 aromatic carbocycles. The van der Waals surface area contributed by atoms with E-state index in [1.807, 2.05) is 43.3 Å². The van der Waals surface area contributed by atoms with Gasteiger partial charge in [-0.1, -0.05) is 36.7 Å². The van der Waals surface area contributed by atoms with Crippen LogP contribution in [0.5, 0.6) is 0 Å². The molecule has 5 nitrogen and oxygen atoms in total. The Kier molecular flexibility index (Phi) is 7.29. The van der Waals surface area contributed by atoms with Crippen molar-refractivity contribution in [3.05, 3.63) is 94.8 Å². The van der Waals surface area contributed by atoms with E-state index in [4.69, 9.17) is 16.3 Å². The van der Waals surface area contributed by atoms with E-state index in [2.05, 4.69) is 0 Å². The van der Waals surface area contributed by atoms with Gasteiger partial charge in [-0.15, -0.1) is 0 Å². The lowest BCUT2D eigenvalue weighted by atomic mass is 9.88. The van der Waals surface area contributed by atoms with E-state index in [1.165, 1.54) is 24.3 Å². The summed E-state index contributed by atoms with van der Waals surface area (Å²) in [7, 11) is 1.59. The van der Waals surface area contributed by atoms with Crippen molar-refractivity contribution in [2.24, 2.45) is 0 Å². The van der Waals surface area contributed by atoms with E-state index >= 15 is 0 Å². The van der Waals surface area contributed by atoms with Gasteiger partial charge in [0.1, 0.15) is 5.82 Å². The van der Waals surface area contributed by atoms with Crippen molar-refractivity contribution >= 4 is 34.8 Å². The van der Waals surface area contributed by atoms with Crippen LogP contribution in [-0.4, -0.2) is 31.6 Å². The zero-order valence-electron chi connectivity index (χ0n) is 19.1. The fourth-order valence-corrected chi connectivity index (χ4v) is 4.66. The van der Waals surface area contributed by atoms with Crippen LogP contribution < -0.4 is 9.80 Å². The number of methoxy groups -OCH3 is 1. The fourth-order valence-electron chi connectivity index (χ4n) is 4.53. The van der Waals surface area contributed by atoms with Gasteiger partial charge in [-0.05, 0) is 66.6 Å². The van der Waals surface area contributed by atoms with Crippen LogP contribution in [0.1, 0.15) is 41.7 Å². The van der Waals surface area contributed by atoms with Crippen molar-refractivity contribution in [2.45, 2.75) is 31.8 Å². The van der Waals surface area contributed by atoms with Gasteiger partial charge in [0, 0.05) is 35.5 Å². The SMILES string of the molecule is CCC(=O)N(c1ccc(Cl)cc1)[C@H]1C[C@@H](COC)N(C(=O)c2ccc(F)cc2)c2ccccc21. The molecule has 1 aliphatic heterocycles. The maximum Gasteiger partial charge on any atom is 0.258 e. The van der Waals surface area contributed by atoms with E-state index in [-0.39, 0.29) is 30.5 Å². The number of carbonyl (C=O) groups is 2. The summed E-state index contributed by atoms with van der Waals surface area (Å²) in [6, 6.07) is 19.7. The third-order valence-electron chi connectivity index (χ3n) is 6.07. The lowest BCUT2D eigenvalue weighted by Gasteiger charge is -2.44. The third-order valence-corrected chi connectivity index (χ3v) is 6.32. The topological polar surface area (TPSA) is 49.9 Å². The number of amides is 2. The first-order chi connectivity index (χ1) is 16.4. The van der Waals surface area contributed by atoms with Crippen LogP contribution in [0.2, 0.25) is 5.02 Å². The average molecular weight is 481 g/mol. The predicted molar refractivity (Wildman–Crippen MR) is 132 cm³/mol. The molecule has 3 aromatic rings. The largest absolute Gasteiger partial charge is 0.383 e. The molecule has 4 rings (SSSR count). The normalized spacial score (nSPS) is 17.2. The Bertz CT molecular complexity index is 1170. The minimum Gasteiger partial charge on any atom is -0.383 e. The summed E-state index contributed by atoms with van der Waals surface area (Å²) in [4.78, 5) is 30.3. The van der Waals surface area contributed by atoms with Gasteiger partial charge in [0.15, 0.2) is 0 Å². The third kappa shape index (κ3) is 4.69. The number of hydrogen-bond acceptors (Lipinski definition) is 3. The Balaban J connectivity index is 1.82. The van der Waals surface area contributed by atoms with E-state index in [1.54, 1.807) is 29.0 Å². The molecule has 1 heterocycles. The van der Waals surface area contributed by atoms with Crippen molar-refractivity contribution in [2.75, 3.05) is 23.5 Å². The Hall–Kier alpha value is -3.22. The van der Waals surface area contributed by atoms with E-state index in [0.29, 0.717) is 29.1 Å². The van der Waals surface area contributed by atoms with Gasteiger partial charge in [-0.25, -0.2) is 4.39 Å². The maximum atomic E-state index is 13.6. The summed E-state index contributed by atoms with van der Waals surface area (Å²) in [6.45, 7) is 2.11. The Morgan fingerprint density at radius 3 is 2.38 bits per heavy atom. The number of hydrogen-bond donors (Lipinski definition) is 0. The highest BCUT2D eigenvalue weighted by Crippen LogP contribution is 2.43. The van der Waals surface area contributed by atoms with E-state index in [0.717, 1.165) is 11.3 Å². The molecule has 0 fully saturated rings. The van der Waals surface area contributed by atoms with Gasteiger partial charge in [0.05, 0.1) is 18.7 Å². The number of halogens is 2. The molecule has 2 amide bonds. The second-order valence-corrected chi connectivity index (χ2v) is 8.63. The highest BCUT2D eigenvalue weighted by atomic mass is 35.5. The molecule has 2 atom stereocenters. The van der Waals surface area contributed by atoms with Gasteiger partial charge in [0.25, 0.3) is 5.91 Å². The highest BCUT2D eigenvalue weighted by Gasteiger charge is 2.40. The number of anilines is 2. The van der Waals surface area contributed by atoms with Crippen molar-refractivity contribution in [3.8, 4) is 0 Å². The molecule has 0 saturated heterocycles. The molecule has 0 aromatic heterocycles. The fraction of sp³-hybridized carbons (Fsp3) is 0.259. The van der Waals surface area contributed by atoms with Crippen molar-refractivity contribution in [1.82, 2.24) is 0 Å². The predicted octanol–water partition coefficient (Wildman–Crippen LogP) is 6.03. The van der Waals surface area contributed by atoms with Crippen LogP contribution in [0.4, 0.5) is 15.8 Å². The minimum absolute atomic E-state index is 0.0309. The molecule has 0 unspecified atom stereocenters. The second-order valence-electron chi connectivity index (χ2n) is 8.20. The first kappa shape index (κ1) is 23.9. The van der Waals surface area contributed by atoms with Crippen LogP contribution in [0.3, 0.4) is 0 Å². The monoisotopic (exact) mass is 480 g/mol. The van der Waals surface area contributed by atoms with Gasteiger partial charge >= 0.3 is 0 Å². The van der Waals surface area contributed by atoms with E-state index in [9.17, 15) is 14.0 Å². The van der Waals surface area contributed by atoms with Gasteiger partial charge < -0.3 is 14.5 Å². The summed E-state index contributed by atoms with van der Waals surface area (Å²) in [5, 5.41) is 0.588. The summed E-state index contributed by atoms with van der Waals surface area (Å²) >= 11 is 6.10. The van der Waals surface area contributed by atoms with Crippen molar-refractivity contribution in [3.63, 3.8) is 0 Å². The van der Waals surface area contributed by atoms with Gasteiger partial charge in [-0.2, -0.15) is 0 Å². The Morgan fingerprint density at radius 1 is 1.06 bits per heavy atom. The summed E-state index contributed by atoms with van der Waals surface area (Å²) < 4.78 is 19.0. The van der Waals surface area contributed by atoms with Crippen LogP contribution in [-0.2, 0) is 9.53 Å². The van der Waals surface area contributed by atoms with Crippen LogP contribution in [0.25, 0.3) is 0 Å². The molecule has 0 radical (unpaired) electrons. The number of benzene rings is 3. The zero-order chi connectivity index (χ0) is 24.2. The summed E-state index contributed by atoms with van der Waals surface area (Å²) in [5.41, 5.74) is 2.69. The number of fused-ring (bicyclic) bond motifs is 1. The molecule has 0 N–H and O–H groups in total. The smallest absolute Gasteiger partial charge is 0.258 e. The number of nitrogens with zero attached hydrogens (tertiary/aromatic N) is 2. The number of carbonyl (C=O) groups excluding carboxylic acids is 2. The standard InChI is InChI=1S/C27H26ClFN2O3/c1-3-26(32)30(21-14-10-19(28)11-15-21)25-16-22(17-34-2)31(24-7-5-4-6-23(24)25)27(33)18-8-12-20(29)13-9-18/h4-15,22,25H,3,16-17H2,1-2H3/t22-,25-/m0/s1. The lowest BCUT2D eigenvalue weighted by molar-refractivity contribution is -0.118.